The Bertz CT molecular complexity index is 564. The number of amides is 2. The van der Waals surface area contributed by atoms with Crippen LogP contribution in [0, 0.1) is 5.41 Å². The molecule has 0 atom stereocenters. The van der Waals surface area contributed by atoms with Crippen LogP contribution in [-0.4, -0.2) is 16.9 Å². The first kappa shape index (κ1) is 12.5. The molecule has 1 spiro atoms. The Hall–Kier alpha value is -1.55. The van der Waals surface area contributed by atoms with Gasteiger partial charge in [-0.15, -0.1) is 0 Å². The number of phenols is 1. The fourth-order valence-corrected chi connectivity index (χ4v) is 3.42. The minimum absolute atomic E-state index is 0.0171. The van der Waals surface area contributed by atoms with Crippen LogP contribution in [0.2, 0.25) is 5.02 Å². The first-order valence-electron chi connectivity index (χ1n) is 6.39. The van der Waals surface area contributed by atoms with Crippen LogP contribution in [0.1, 0.15) is 32.1 Å². The second-order valence-corrected chi connectivity index (χ2v) is 5.74. The van der Waals surface area contributed by atoms with E-state index in [4.69, 9.17) is 11.6 Å². The highest BCUT2D eigenvalue weighted by Gasteiger charge is 2.53. The van der Waals surface area contributed by atoms with Crippen LogP contribution in [0.4, 0.5) is 5.69 Å². The fourth-order valence-electron chi connectivity index (χ4n) is 3.16. The van der Waals surface area contributed by atoms with Crippen molar-refractivity contribution < 1.29 is 14.7 Å². The summed E-state index contributed by atoms with van der Waals surface area (Å²) in [6.45, 7) is 0. The highest BCUT2D eigenvalue weighted by atomic mass is 35.5. The average molecular weight is 280 g/mol. The molecule has 1 aliphatic heterocycles. The number of aromatic hydroxyl groups is 1. The Morgan fingerprint density at radius 1 is 1.21 bits per heavy atom. The molecule has 1 heterocycles. The summed E-state index contributed by atoms with van der Waals surface area (Å²) in [5.41, 5.74) is -0.128. The van der Waals surface area contributed by atoms with Crippen LogP contribution in [0.5, 0.6) is 5.75 Å². The van der Waals surface area contributed by atoms with Crippen LogP contribution in [0.25, 0.3) is 0 Å². The molecule has 1 saturated carbocycles. The van der Waals surface area contributed by atoms with E-state index in [9.17, 15) is 14.7 Å². The van der Waals surface area contributed by atoms with Gasteiger partial charge in [-0.1, -0.05) is 24.4 Å². The van der Waals surface area contributed by atoms with Gasteiger partial charge in [0.1, 0.15) is 5.75 Å². The lowest BCUT2D eigenvalue weighted by Gasteiger charge is -2.21. The topological polar surface area (TPSA) is 57.6 Å². The van der Waals surface area contributed by atoms with Crippen molar-refractivity contribution in [2.45, 2.75) is 32.1 Å². The molecule has 0 aromatic heterocycles. The molecule has 1 N–H and O–H groups in total. The molecule has 5 heteroatoms. The number of phenolic OH excluding ortho intramolecular Hbond substituents is 1. The number of imide groups is 1. The van der Waals surface area contributed by atoms with E-state index >= 15 is 0 Å². The molecule has 4 nitrogen and oxygen atoms in total. The monoisotopic (exact) mass is 279 g/mol. The van der Waals surface area contributed by atoms with Gasteiger partial charge in [-0.3, -0.25) is 9.59 Å². The molecule has 3 rings (SSSR count). The average Bonchev–Trinajstić information content (AvgIpc) is 2.89. The van der Waals surface area contributed by atoms with Crippen molar-refractivity contribution >= 4 is 29.1 Å². The first-order valence-corrected chi connectivity index (χ1v) is 6.77. The van der Waals surface area contributed by atoms with Gasteiger partial charge >= 0.3 is 0 Å². The molecular formula is C14H14ClNO3. The van der Waals surface area contributed by atoms with Crippen molar-refractivity contribution in [1.82, 2.24) is 0 Å². The minimum atomic E-state index is -0.502. The Labute approximate surface area is 116 Å². The standard InChI is InChI=1S/C14H14ClNO3/c15-10-7-9(17)3-4-11(10)16-12(18)8-14(13(16)19)5-1-2-6-14/h3-4,7,17H,1-2,5-6,8H2. The fraction of sp³-hybridized carbons (Fsp3) is 0.429. The van der Waals surface area contributed by atoms with Crippen molar-refractivity contribution in [3.63, 3.8) is 0 Å². The number of hydrogen-bond acceptors (Lipinski definition) is 3. The van der Waals surface area contributed by atoms with Gasteiger partial charge in [0.25, 0.3) is 0 Å². The molecule has 1 aliphatic carbocycles. The third-order valence-electron chi connectivity index (χ3n) is 4.13. The minimum Gasteiger partial charge on any atom is -0.508 e. The van der Waals surface area contributed by atoms with E-state index in [1.165, 1.54) is 23.1 Å². The predicted molar refractivity (Wildman–Crippen MR) is 71.1 cm³/mol. The number of nitrogens with zero attached hydrogens (tertiary/aromatic N) is 1. The highest BCUT2D eigenvalue weighted by molar-refractivity contribution is 6.36. The zero-order valence-electron chi connectivity index (χ0n) is 10.4. The third kappa shape index (κ3) is 1.82. The second-order valence-electron chi connectivity index (χ2n) is 5.33. The molecule has 2 aliphatic rings. The third-order valence-corrected chi connectivity index (χ3v) is 4.43. The van der Waals surface area contributed by atoms with Crippen molar-refractivity contribution in [3.8, 4) is 5.75 Å². The molecule has 1 aromatic rings. The Balaban J connectivity index is 2.01. The smallest absolute Gasteiger partial charge is 0.240 e. The highest BCUT2D eigenvalue weighted by Crippen LogP contribution is 2.48. The van der Waals surface area contributed by atoms with Gasteiger partial charge < -0.3 is 5.11 Å². The molecule has 100 valence electrons. The molecule has 0 radical (unpaired) electrons. The van der Waals surface area contributed by atoms with Crippen LogP contribution in [0.15, 0.2) is 18.2 Å². The van der Waals surface area contributed by atoms with Crippen LogP contribution in [-0.2, 0) is 9.59 Å². The number of carbonyl (C=O) groups excluding carboxylic acids is 2. The molecular weight excluding hydrogens is 266 g/mol. The first-order chi connectivity index (χ1) is 9.03. The van der Waals surface area contributed by atoms with Crippen molar-refractivity contribution in [3.05, 3.63) is 23.2 Å². The largest absolute Gasteiger partial charge is 0.508 e. The van der Waals surface area contributed by atoms with Gasteiger partial charge in [0.05, 0.1) is 16.1 Å². The summed E-state index contributed by atoms with van der Waals surface area (Å²) in [5.74, 6) is -0.314. The van der Waals surface area contributed by atoms with Crippen molar-refractivity contribution in [1.29, 1.82) is 0 Å². The molecule has 1 aromatic carbocycles. The SMILES string of the molecule is O=C1CC2(CCCC2)C(=O)N1c1ccc(O)cc1Cl. The van der Waals surface area contributed by atoms with E-state index in [1.54, 1.807) is 0 Å². The summed E-state index contributed by atoms with van der Waals surface area (Å²) in [6.07, 6.45) is 3.84. The number of carbonyl (C=O) groups is 2. The van der Waals surface area contributed by atoms with E-state index in [1.807, 2.05) is 0 Å². The van der Waals surface area contributed by atoms with E-state index < -0.39 is 5.41 Å². The molecule has 0 bridgehead atoms. The van der Waals surface area contributed by atoms with Crippen molar-refractivity contribution in [2.24, 2.45) is 5.41 Å². The lowest BCUT2D eigenvalue weighted by molar-refractivity contribution is -0.125. The number of anilines is 1. The molecule has 1 saturated heterocycles. The van der Waals surface area contributed by atoms with Crippen LogP contribution >= 0.6 is 11.6 Å². The Kier molecular flexibility index (Phi) is 2.78. The van der Waals surface area contributed by atoms with E-state index in [0.717, 1.165) is 25.7 Å². The van der Waals surface area contributed by atoms with E-state index in [0.29, 0.717) is 5.69 Å². The number of hydrogen-bond donors (Lipinski definition) is 1. The maximum atomic E-state index is 12.6. The predicted octanol–water partition coefficient (Wildman–Crippen LogP) is 2.87. The maximum Gasteiger partial charge on any atom is 0.240 e. The number of halogens is 1. The van der Waals surface area contributed by atoms with Gasteiger partial charge in [0.2, 0.25) is 11.8 Å². The summed E-state index contributed by atoms with van der Waals surface area (Å²) >= 11 is 6.03. The summed E-state index contributed by atoms with van der Waals surface area (Å²) in [5, 5.41) is 9.56. The zero-order valence-corrected chi connectivity index (χ0v) is 11.1. The molecule has 2 fully saturated rings. The van der Waals surface area contributed by atoms with Crippen LogP contribution in [0.3, 0.4) is 0 Å². The van der Waals surface area contributed by atoms with E-state index in [2.05, 4.69) is 0 Å². The second kappa shape index (κ2) is 4.23. The van der Waals surface area contributed by atoms with Gasteiger partial charge in [0, 0.05) is 12.5 Å². The molecule has 2 amide bonds. The van der Waals surface area contributed by atoms with Crippen molar-refractivity contribution in [2.75, 3.05) is 4.90 Å². The number of rotatable bonds is 1. The summed E-state index contributed by atoms with van der Waals surface area (Å²) < 4.78 is 0. The molecule has 0 unspecified atom stereocenters. The Morgan fingerprint density at radius 3 is 2.53 bits per heavy atom. The van der Waals surface area contributed by atoms with Gasteiger partial charge in [-0.25, -0.2) is 4.90 Å². The van der Waals surface area contributed by atoms with Gasteiger partial charge in [-0.05, 0) is 25.0 Å². The summed E-state index contributed by atoms with van der Waals surface area (Å²) in [7, 11) is 0. The normalized spacial score (nSPS) is 21.6. The van der Waals surface area contributed by atoms with Crippen LogP contribution < -0.4 is 4.90 Å². The zero-order chi connectivity index (χ0) is 13.6. The molecule has 19 heavy (non-hydrogen) atoms. The quantitative estimate of drug-likeness (QED) is 0.804. The van der Waals surface area contributed by atoms with Gasteiger partial charge in [-0.2, -0.15) is 0 Å². The number of benzene rings is 1. The summed E-state index contributed by atoms with van der Waals surface area (Å²) in [6, 6.07) is 4.29. The summed E-state index contributed by atoms with van der Waals surface area (Å²) in [4.78, 5) is 25.9. The Morgan fingerprint density at radius 2 is 1.89 bits per heavy atom. The van der Waals surface area contributed by atoms with E-state index in [-0.39, 0.29) is 29.0 Å². The lowest BCUT2D eigenvalue weighted by Crippen LogP contribution is -2.34. The maximum absolute atomic E-state index is 12.6. The van der Waals surface area contributed by atoms with Gasteiger partial charge in [0.15, 0.2) is 0 Å². The lowest BCUT2D eigenvalue weighted by atomic mass is 9.84.